The summed E-state index contributed by atoms with van der Waals surface area (Å²) in [4.78, 5) is 2.59. The first kappa shape index (κ1) is 10.1. The molecule has 2 saturated carbocycles. The molecule has 0 aromatic carbocycles. The third kappa shape index (κ3) is 1.83. The van der Waals surface area contributed by atoms with Crippen LogP contribution in [0.1, 0.15) is 44.9 Å². The number of hydrogen-bond donors (Lipinski definition) is 1. The Balaban J connectivity index is 1.54. The fourth-order valence-corrected chi connectivity index (χ4v) is 3.65. The molecule has 3 aliphatic rings. The lowest BCUT2D eigenvalue weighted by molar-refractivity contribution is -0.0119. The van der Waals surface area contributed by atoms with E-state index in [0.29, 0.717) is 6.61 Å². The maximum atomic E-state index is 9.63. The van der Waals surface area contributed by atoms with E-state index in [0.717, 1.165) is 5.41 Å². The molecule has 1 heterocycles. The summed E-state index contributed by atoms with van der Waals surface area (Å²) in [6.07, 6.45) is 9.50. The van der Waals surface area contributed by atoms with Crippen molar-refractivity contribution >= 4 is 0 Å². The number of nitrogens with zero attached hydrogens (tertiary/aromatic N) is 1. The summed E-state index contributed by atoms with van der Waals surface area (Å²) < 4.78 is 0. The van der Waals surface area contributed by atoms with Crippen LogP contribution >= 0.6 is 0 Å². The first-order valence-electron chi connectivity index (χ1n) is 6.59. The van der Waals surface area contributed by atoms with Gasteiger partial charge in [0.05, 0.1) is 0 Å². The number of aliphatic hydroxyl groups excluding tert-OH is 1. The van der Waals surface area contributed by atoms with Crippen LogP contribution in [-0.2, 0) is 0 Å². The lowest BCUT2D eigenvalue weighted by atomic mass is 9.73. The van der Waals surface area contributed by atoms with E-state index in [4.69, 9.17) is 0 Å². The zero-order chi connectivity index (χ0) is 10.4. The molecule has 0 aromatic heterocycles. The van der Waals surface area contributed by atoms with E-state index in [9.17, 15) is 5.11 Å². The summed E-state index contributed by atoms with van der Waals surface area (Å²) in [5.74, 6) is 0. The summed E-state index contributed by atoms with van der Waals surface area (Å²) in [5, 5.41) is 9.63. The van der Waals surface area contributed by atoms with E-state index in [1.54, 1.807) is 0 Å². The van der Waals surface area contributed by atoms with Gasteiger partial charge in [0.1, 0.15) is 0 Å². The molecule has 0 bridgehead atoms. The fraction of sp³-hybridized carbons (Fsp3) is 1.00. The Morgan fingerprint density at radius 1 is 0.933 bits per heavy atom. The van der Waals surface area contributed by atoms with E-state index in [2.05, 4.69) is 4.90 Å². The molecular formula is C13H23NO. The van der Waals surface area contributed by atoms with Gasteiger partial charge in [-0.2, -0.15) is 0 Å². The zero-order valence-electron chi connectivity index (χ0n) is 9.67. The number of hydrogen-bond acceptors (Lipinski definition) is 2. The van der Waals surface area contributed by atoms with Crippen molar-refractivity contribution in [2.75, 3.05) is 26.2 Å². The molecule has 0 aromatic rings. The summed E-state index contributed by atoms with van der Waals surface area (Å²) in [6.45, 7) is 4.24. The highest BCUT2D eigenvalue weighted by Crippen LogP contribution is 2.53. The molecule has 1 aliphatic heterocycles. The summed E-state index contributed by atoms with van der Waals surface area (Å²) in [7, 11) is 0. The van der Waals surface area contributed by atoms with Crippen molar-refractivity contribution in [1.29, 1.82) is 0 Å². The normalized spacial score (nSPS) is 32.6. The predicted octanol–water partition coefficient (Wildman–Crippen LogP) is 2.02. The van der Waals surface area contributed by atoms with Gasteiger partial charge in [0.2, 0.25) is 0 Å². The van der Waals surface area contributed by atoms with Gasteiger partial charge < -0.3 is 10.0 Å². The number of aliphatic hydroxyl groups is 1. The van der Waals surface area contributed by atoms with E-state index < -0.39 is 0 Å². The Kier molecular flexibility index (Phi) is 2.33. The molecule has 1 N–H and O–H groups in total. The largest absolute Gasteiger partial charge is 0.396 e. The minimum absolute atomic E-state index is 0.273. The van der Waals surface area contributed by atoms with Crippen LogP contribution in [0.25, 0.3) is 0 Å². The molecule has 3 fully saturated rings. The third-order valence-corrected chi connectivity index (χ3v) is 4.88. The zero-order valence-corrected chi connectivity index (χ0v) is 9.67. The minimum Gasteiger partial charge on any atom is -0.396 e. The molecule has 0 unspecified atom stereocenters. The van der Waals surface area contributed by atoms with Crippen molar-refractivity contribution in [1.82, 2.24) is 4.90 Å². The minimum atomic E-state index is 0.273. The summed E-state index contributed by atoms with van der Waals surface area (Å²) in [6, 6.07) is 0. The highest BCUT2D eigenvalue weighted by atomic mass is 16.3. The smallest absolute Gasteiger partial charge is 0.0499 e. The number of likely N-dealkylation sites (tertiary alicyclic amines) is 1. The Morgan fingerprint density at radius 3 is 2.13 bits per heavy atom. The standard InChI is InChI=1S/C13H23NO/c15-11-13(4-2-1-3-5-13)10-14-8-12(9-14)6-7-12/h15H,1-11H2. The van der Waals surface area contributed by atoms with Crippen LogP contribution in [-0.4, -0.2) is 36.2 Å². The van der Waals surface area contributed by atoms with Crippen molar-refractivity contribution in [3.05, 3.63) is 0 Å². The quantitative estimate of drug-likeness (QED) is 0.768. The van der Waals surface area contributed by atoms with Crippen molar-refractivity contribution in [3.8, 4) is 0 Å². The van der Waals surface area contributed by atoms with Gasteiger partial charge in [-0.3, -0.25) is 0 Å². The van der Waals surface area contributed by atoms with Crippen LogP contribution in [0, 0.1) is 10.8 Å². The van der Waals surface area contributed by atoms with E-state index in [1.807, 2.05) is 0 Å². The highest BCUT2D eigenvalue weighted by molar-refractivity contribution is 5.06. The second kappa shape index (κ2) is 3.46. The monoisotopic (exact) mass is 209 g/mol. The van der Waals surface area contributed by atoms with Crippen LogP contribution in [0.2, 0.25) is 0 Å². The van der Waals surface area contributed by atoms with Gasteiger partial charge in [-0.25, -0.2) is 0 Å². The Hall–Kier alpha value is -0.0800. The number of rotatable bonds is 3. The molecule has 2 heteroatoms. The molecule has 0 radical (unpaired) electrons. The van der Waals surface area contributed by atoms with Crippen molar-refractivity contribution in [3.63, 3.8) is 0 Å². The highest BCUT2D eigenvalue weighted by Gasteiger charge is 2.53. The van der Waals surface area contributed by atoms with Crippen molar-refractivity contribution in [2.45, 2.75) is 44.9 Å². The lowest BCUT2D eigenvalue weighted by Crippen LogP contribution is -2.53. The maximum Gasteiger partial charge on any atom is 0.0499 e. The van der Waals surface area contributed by atoms with Gasteiger partial charge in [-0.15, -0.1) is 0 Å². The molecule has 0 amide bonds. The van der Waals surface area contributed by atoms with Crippen molar-refractivity contribution < 1.29 is 5.11 Å². The van der Waals surface area contributed by atoms with Gasteiger partial charge in [0, 0.05) is 31.7 Å². The van der Waals surface area contributed by atoms with Gasteiger partial charge >= 0.3 is 0 Å². The van der Waals surface area contributed by atoms with Crippen molar-refractivity contribution in [2.24, 2.45) is 10.8 Å². The van der Waals surface area contributed by atoms with E-state index >= 15 is 0 Å². The molecule has 15 heavy (non-hydrogen) atoms. The average molecular weight is 209 g/mol. The van der Waals surface area contributed by atoms with E-state index in [-0.39, 0.29) is 5.41 Å². The van der Waals surface area contributed by atoms with E-state index in [1.165, 1.54) is 64.6 Å². The molecule has 1 saturated heterocycles. The fourth-order valence-electron chi connectivity index (χ4n) is 3.65. The lowest BCUT2D eigenvalue weighted by Gasteiger charge is -2.47. The van der Waals surface area contributed by atoms with Gasteiger partial charge in [-0.05, 0) is 31.1 Å². The average Bonchev–Trinajstić information content (AvgIpc) is 2.99. The predicted molar refractivity (Wildman–Crippen MR) is 60.7 cm³/mol. The molecule has 3 rings (SSSR count). The second-order valence-electron chi connectivity index (χ2n) is 6.36. The molecule has 2 nitrogen and oxygen atoms in total. The Morgan fingerprint density at radius 2 is 1.60 bits per heavy atom. The summed E-state index contributed by atoms with van der Waals surface area (Å²) >= 11 is 0. The van der Waals surface area contributed by atoms with Crippen LogP contribution in [0.15, 0.2) is 0 Å². The molecule has 0 atom stereocenters. The Labute approximate surface area is 92.7 Å². The molecule has 86 valence electrons. The molecular weight excluding hydrogens is 186 g/mol. The SMILES string of the molecule is OCC1(CN2CC3(CC3)C2)CCCCC1. The van der Waals surface area contributed by atoms with Gasteiger partial charge in [0.15, 0.2) is 0 Å². The Bertz CT molecular complexity index is 233. The van der Waals surface area contributed by atoms with Crippen LogP contribution < -0.4 is 0 Å². The summed E-state index contributed by atoms with van der Waals surface area (Å²) in [5.41, 5.74) is 1.04. The first-order chi connectivity index (χ1) is 7.26. The van der Waals surface area contributed by atoms with Crippen LogP contribution in [0.5, 0.6) is 0 Å². The topological polar surface area (TPSA) is 23.5 Å². The van der Waals surface area contributed by atoms with Gasteiger partial charge in [-0.1, -0.05) is 19.3 Å². The first-order valence-corrected chi connectivity index (χ1v) is 6.59. The molecule has 1 spiro atoms. The second-order valence-corrected chi connectivity index (χ2v) is 6.36. The molecule has 2 aliphatic carbocycles. The van der Waals surface area contributed by atoms with Crippen LogP contribution in [0.4, 0.5) is 0 Å². The van der Waals surface area contributed by atoms with Gasteiger partial charge in [0.25, 0.3) is 0 Å². The maximum absolute atomic E-state index is 9.63. The third-order valence-electron chi connectivity index (χ3n) is 4.88. The van der Waals surface area contributed by atoms with Crippen LogP contribution in [0.3, 0.4) is 0 Å².